The number of aliphatic hydroxyl groups excluding tert-OH is 1. The number of anilines is 1. The third-order valence-corrected chi connectivity index (χ3v) is 6.39. The molecule has 1 fully saturated rings. The average molecular weight is 516 g/mol. The predicted octanol–water partition coefficient (Wildman–Crippen LogP) is 5.13. The van der Waals surface area contributed by atoms with Crippen molar-refractivity contribution < 1.29 is 33.6 Å². The number of fused-ring (bicyclic) bond motifs is 1. The van der Waals surface area contributed by atoms with Crippen LogP contribution in [0.3, 0.4) is 0 Å². The summed E-state index contributed by atoms with van der Waals surface area (Å²) >= 11 is 0. The standard InChI is InChI=1S/C30H29NO7/c1-18(2)17-38-21-11-8-19(9-12-21)28(32)26-27(22-6-4-5-7-23(22)35-3)31(30(34)29(26)33)20-10-13-24-25(16-20)37-15-14-36-24/h4-13,16,18,27,32H,14-15,17H2,1-3H3/b28-26+. The molecule has 2 heterocycles. The molecule has 1 saturated heterocycles. The lowest BCUT2D eigenvalue weighted by Gasteiger charge is -2.28. The van der Waals surface area contributed by atoms with Gasteiger partial charge in [0.25, 0.3) is 11.7 Å². The van der Waals surface area contributed by atoms with Crippen molar-refractivity contribution in [2.75, 3.05) is 31.8 Å². The molecule has 2 aliphatic rings. The summed E-state index contributed by atoms with van der Waals surface area (Å²) in [6.07, 6.45) is 0. The van der Waals surface area contributed by atoms with E-state index in [4.69, 9.17) is 18.9 Å². The molecule has 38 heavy (non-hydrogen) atoms. The zero-order valence-corrected chi connectivity index (χ0v) is 21.5. The Bertz CT molecular complexity index is 1390. The molecule has 0 radical (unpaired) electrons. The van der Waals surface area contributed by atoms with Crippen molar-refractivity contribution >= 4 is 23.1 Å². The topological polar surface area (TPSA) is 94.5 Å². The van der Waals surface area contributed by atoms with Gasteiger partial charge in [0.15, 0.2) is 11.5 Å². The Morgan fingerprint density at radius 3 is 2.42 bits per heavy atom. The summed E-state index contributed by atoms with van der Waals surface area (Å²) in [5.41, 5.74) is 1.35. The third-order valence-electron chi connectivity index (χ3n) is 6.39. The van der Waals surface area contributed by atoms with Crippen molar-refractivity contribution in [1.29, 1.82) is 0 Å². The molecule has 8 nitrogen and oxygen atoms in total. The van der Waals surface area contributed by atoms with Crippen LogP contribution in [0, 0.1) is 5.92 Å². The number of hydrogen-bond donors (Lipinski definition) is 1. The van der Waals surface area contributed by atoms with E-state index in [1.54, 1.807) is 66.7 Å². The number of rotatable bonds is 7. The van der Waals surface area contributed by atoms with Crippen molar-refractivity contribution in [3.8, 4) is 23.0 Å². The van der Waals surface area contributed by atoms with E-state index in [9.17, 15) is 14.7 Å². The molecule has 0 aliphatic carbocycles. The van der Waals surface area contributed by atoms with E-state index in [0.29, 0.717) is 65.6 Å². The van der Waals surface area contributed by atoms with Crippen LogP contribution < -0.4 is 23.8 Å². The van der Waals surface area contributed by atoms with Gasteiger partial charge in [-0.2, -0.15) is 0 Å². The van der Waals surface area contributed by atoms with E-state index in [2.05, 4.69) is 13.8 Å². The summed E-state index contributed by atoms with van der Waals surface area (Å²) < 4.78 is 22.7. The van der Waals surface area contributed by atoms with Crippen LogP contribution in [0.1, 0.15) is 31.0 Å². The zero-order chi connectivity index (χ0) is 26.8. The summed E-state index contributed by atoms with van der Waals surface area (Å²) in [6.45, 7) is 5.47. The Morgan fingerprint density at radius 2 is 1.71 bits per heavy atom. The molecular weight excluding hydrogens is 486 g/mol. The number of benzene rings is 3. The van der Waals surface area contributed by atoms with Crippen LogP contribution in [0.25, 0.3) is 5.76 Å². The first-order chi connectivity index (χ1) is 18.4. The Kier molecular flexibility index (Phi) is 6.96. The molecule has 1 unspecified atom stereocenters. The lowest BCUT2D eigenvalue weighted by molar-refractivity contribution is -0.132. The van der Waals surface area contributed by atoms with E-state index in [1.807, 2.05) is 0 Å². The highest BCUT2D eigenvalue weighted by molar-refractivity contribution is 6.51. The number of methoxy groups -OCH3 is 1. The lowest BCUT2D eigenvalue weighted by Crippen LogP contribution is -2.30. The van der Waals surface area contributed by atoms with Crippen molar-refractivity contribution in [3.05, 3.63) is 83.4 Å². The van der Waals surface area contributed by atoms with E-state index in [0.717, 1.165) is 0 Å². The first-order valence-electron chi connectivity index (χ1n) is 12.5. The minimum Gasteiger partial charge on any atom is -0.507 e. The number of ether oxygens (including phenoxy) is 4. The lowest BCUT2D eigenvalue weighted by atomic mass is 9.94. The van der Waals surface area contributed by atoms with Crippen molar-refractivity contribution in [2.24, 2.45) is 5.92 Å². The molecule has 196 valence electrons. The molecule has 3 aromatic rings. The van der Waals surface area contributed by atoms with Gasteiger partial charge in [0.2, 0.25) is 0 Å². The molecule has 0 bridgehead atoms. The highest BCUT2D eigenvalue weighted by atomic mass is 16.6. The summed E-state index contributed by atoms with van der Waals surface area (Å²) in [7, 11) is 1.52. The van der Waals surface area contributed by atoms with E-state index in [1.165, 1.54) is 12.0 Å². The smallest absolute Gasteiger partial charge is 0.300 e. The number of aliphatic hydroxyl groups is 1. The number of carbonyl (C=O) groups excluding carboxylic acids is 2. The van der Waals surface area contributed by atoms with Crippen LogP contribution in [0.15, 0.2) is 72.3 Å². The normalized spacial score (nSPS) is 18.1. The van der Waals surface area contributed by atoms with Crippen LogP contribution in [0.5, 0.6) is 23.0 Å². The van der Waals surface area contributed by atoms with E-state index >= 15 is 0 Å². The highest BCUT2D eigenvalue weighted by Crippen LogP contribution is 2.46. The fourth-order valence-corrected chi connectivity index (χ4v) is 4.59. The SMILES string of the molecule is COc1ccccc1C1/C(=C(\O)c2ccc(OCC(C)C)cc2)C(=O)C(=O)N1c1ccc2c(c1)OCCO2. The van der Waals surface area contributed by atoms with Gasteiger partial charge in [-0.3, -0.25) is 14.5 Å². The Hall–Kier alpha value is -4.46. The molecule has 8 heteroatoms. The maximum atomic E-state index is 13.5. The van der Waals surface area contributed by atoms with Crippen molar-refractivity contribution in [2.45, 2.75) is 19.9 Å². The van der Waals surface area contributed by atoms with Crippen LogP contribution >= 0.6 is 0 Å². The van der Waals surface area contributed by atoms with Gasteiger partial charge in [0, 0.05) is 22.9 Å². The van der Waals surface area contributed by atoms with Crippen molar-refractivity contribution in [1.82, 2.24) is 0 Å². The summed E-state index contributed by atoms with van der Waals surface area (Å²) in [4.78, 5) is 28.4. The summed E-state index contributed by atoms with van der Waals surface area (Å²) in [6, 6.07) is 18.0. The third kappa shape index (κ3) is 4.65. The monoisotopic (exact) mass is 515 g/mol. The molecule has 0 saturated carbocycles. The second kappa shape index (κ2) is 10.5. The van der Waals surface area contributed by atoms with Gasteiger partial charge in [-0.05, 0) is 48.4 Å². The molecule has 0 spiro atoms. The number of nitrogens with zero attached hydrogens (tertiary/aromatic N) is 1. The second-order valence-electron chi connectivity index (χ2n) is 9.47. The molecule has 3 aromatic carbocycles. The van der Waals surface area contributed by atoms with Gasteiger partial charge in [-0.1, -0.05) is 32.0 Å². The van der Waals surface area contributed by atoms with E-state index in [-0.39, 0.29) is 11.3 Å². The Balaban J connectivity index is 1.63. The molecule has 0 aromatic heterocycles. The van der Waals surface area contributed by atoms with Crippen LogP contribution in [0.4, 0.5) is 5.69 Å². The van der Waals surface area contributed by atoms with Gasteiger partial charge < -0.3 is 24.1 Å². The van der Waals surface area contributed by atoms with Crippen LogP contribution in [-0.4, -0.2) is 43.7 Å². The molecule has 1 N–H and O–H groups in total. The fourth-order valence-electron chi connectivity index (χ4n) is 4.59. The molecule has 1 atom stereocenters. The van der Waals surface area contributed by atoms with Crippen LogP contribution in [0.2, 0.25) is 0 Å². The average Bonchev–Trinajstić information content (AvgIpc) is 3.21. The molecular formula is C30H29NO7. The minimum atomic E-state index is -0.939. The second-order valence-corrected chi connectivity index (χ2v) is 9.47. The first-order valence-corrected chi connectivity index (χ1v) is 12.5. The number of Topliss-reactive ketones (excluding diaryl/α,β-unsaturated/α-hetero) is 1. The van der Waals surface area contributed by atoms with Gasteiger partial charge in [-0.15, -0.1) is 0 Å². The fraction of sp³-hybridized carbons (Fsp3) is 0.267. The zero-order valence-electron chi connectivity index (χ0n) is 21.5. The number of hydrogen-bond acceptors (Lipinski definition) is 7. The van der Waals surface area contributed by atoms with E-state index < -0.39 is 17.7 Å². The quantitative estimate of drug-likeness (QED) is 0.265. The van der Waals surface area contributed by atoms with Crippen molar-refractivity contribution in [3.63, 3.8) is 0 Å². The summed E-state index contributed by atoms with van der Waals surface area (Å²) in [5.74, 6) is 0.676. The summed E-state index contributed by atoms with van der Waals surface area (Å²) in [5, 5.41) is 11.4. The predicted molar refractivity (Wildman–Crippen MR) is 142 cm³/mol. The van der Waals surface area contributed by atoms with Gasteiger partial charge >= 0.3 is 0 Å². The Labute approximate surface area is 221 Å². The van der Waals surface area contributed by atoms with Crippen LogP contribution in [-0.2, 0) is 9.59 Å². The first kappa shape index (κ1) is 25.2. The van der Waals surface area contributed by atoms with Gasteiger partial charge in [-0.25, -0.2) is 0 Å². The number of carbonyl (C=O) groups is 2. The largest absolute Gasteiger partial charge is 0.507 e. The number of ketones is 1. The number of para-hydroxylation sites is 1. The molecule has 5 rings (SSSR count). The van der Waals surface area contributed by atoms with Gasteiger partial charge in [0.1, 0.15) is 30.5 Å². The van der Waals surface area contributed by atoms with Gasteiger partial charge in [0.05, 0.1) is 25.3 Å². The molecule has 2 aliphatic heterocycles. The minimum absolute atomic E-state index is 0.0368. The maximum absolute atomic E-state index is 13.5. The Morgan fingerprint density at radius 1 is 1.00 bits per heavy atom. The molecule has 1 amide bonds. The number of amides is 1. The maximum Gasteiger partial charge on any atom is 0.300 e. The highest BCUT2D eigenvalue weighted by Gasteiger charge is 2.48.